The second-order valence-corrected chi connectivity index (χ2v) is 4.56. The van der Waals surface area contributed by atoms with E-state index in [0.717, 1.165) is 11.3 Å². The maximum absolute atomic E-state index is 10.9. The number of hydrogen-bond donors (Lipinski definition) is 1. The van der Waals surface area contributed by atoms with Gasteiger partial charge < -0.3 is 9.51 Å². The Hall–Kier alpha value is -1.84. The van der Waals surface area contributed by atoms with E-state index in [0.29, 0.717) is 0 Å². The van der Waals surface area contributed by atoms with Crippen LogP contribution in [-0.2, 0) is 4.79 Å². The van der Waals surface area contributed by atoms with Crippen LogP contribution in [0.4, 0.5) is 0 Å². The van der Waals surface area contributed by atoms with Crippen molar-refractivity contribution in [1.82, 2.24) is 9.38 Å². The molecule has 0 spiro atoms. The second kappa shape index (κ2) is 4.57. The van der Waals surface area contributed by atoms with Crippen LogP contribution in [0.1, 0.15) is 31.9 Å². The molecule has 0 saturated heterocycles. The molecule has 2 heterocycles. The highest BCUT2D eigenvalue weighted by molar-refractivity contribution is 5.68. The second-order valence-electron chi connectivity index (χ2n) is 4.56. The monoisotopic (exact) mass is 232 g/mol. The SMILES string of the molecule is CC(C)C(CC(=O)O)c1cnc2ccccn12. The first-order chi connectivity index (χ1) is 8.09. The Morgan fingerprint density at radius 1 is 1.47 bits per heavy atom. The highest BCUT2D eigenvalue weighted by Gasteiger charge is 2.22. The number of carboxylic acids is 1. The minimum atomic E-state index is -0.769. The molecule has 4 heteroatoms. The molecule has 2 rings (SSSR count). The first-order valence-corrected chi connectivity index (χ1v) is 5.73. The third-order valence-corrected chi connectivity index (χ3v) is 3.02. The zero-order valence-corrected chi connectivity index (χ0v) is 10.00. The van der Waals surface area contributed by atoms with Gasteiger partial charge in [0.05, 0.1) is 6.42 Å². The van der Waals surface area contributed by atoms with Crippen LogP contribution in [0.5, 0.6) is 0 Å². The number of imidazole rings is 1. The smallest absolute Gasteiger partial charge is 0.304 e. The Morgan fingerprint density at radius 3 is 2.88 bits per heavy atom. The Labute approximate surface area is 99.9 Å². The van der Waals surface area contributed by atoms with Gasteiger partial charge in [-0.1, -0.05) is 19.9 Å². The van der Waals surface area contributed by atoms with E-state index < -0.39 is 5.97 Å². The lowest BCUT2D eigenvalue weighted by atomic mass is 9.90. The zero-order chi connectivity index (χ0) is 12.4. The Balaban J connectivity index is 2.45. The van der Waals surface area contributed by atoms with Crippen LogP contribution >= 0.6 is 0 Å². The lowest BCUT2D eigenvalue weighted by Crippen LogP contribution is -2.14. The molecule has 1 unspecified atom stereocenters. The normalized spacial score (nSPS) is 13.1. The van der Waals surface area contributed by atoms with Gasteiger partial charge in [-0.05, 0) is 18.1 Å². The summed E-state index contributed by atoms with van der Waals surface area (Å²) in [6, 6.07) is 5.77. The van der Waals surface area contributed by atoms with Gasteiger partial charge >= 0.3 is 5.97 Å². The molecular formula is C13H16N2O2. The topological polar surface area (TPSA) is 54.6 Å². The summed E-state index contributed by atoms with van der Waals surface area (Å²) in [5.74, 6) is -0.509. The first kappa shape index (κ1) is 11.6. The maximum Gasteiger partial charge on any atom is 0.304 e. The van der Waals surface area contributed by atoms with Crippen molar-refractivity contribution < 1.29 is 9.90 Å². The van der Waals surface area contributed by atoms with Crippen LogP contribution < -0.4 is 0 Å². The van der Waals surface area contributed by atoms with Crippen molar-refractivity contribution in [3.8, 4) is 0 Å². The van der Waals surface area contributed by atoms with Gasteiger partial charge in [-0.15, -0.1) is 0 Å². The van der Waals surface area contributed by atoms with Crippen molar-refractivity contribution in [2.24, 2.45) is 5.92 Å². The lowest BCUT2D eigenvalue weighted by Gasteiger charge is -2.18. The van der Waals surface area contributed by atoms with Gasteiger partial charge in [0.2, 0.25) is 0 Å². The Kier molecular flexibility index (Phi) is 3.13. The summed E-state index contributed by atoms with van der Waals surface area (Å²) in [5, 5.41) is 8.97. The Bertz CT molecular complexity index is 531. The van der Waals surface area contributed by atoms with Gasteiger partial charge in [0.15, 0.2) is 0 Å². The van der Waals surface area contributed by atoms with Gasteiger partial charge in [0, 0.05) is 24.0 Å². The fraction of sp³-hybridized carbons (Fsp3) is 0.385. The average molecular weight is 232 g/mol. The quantitative estimate of drug-likeness (QED) is 0.881. The predicted octanol–water partition coefficient (Wildman–Crippen LogP) is 2.55. The van der Waals surface area contributed by atoms with E-state index >= 15 is 0 Å². The molecule has 0 amide bonds. The number of carbonyl (C=O) groups is 1. The number of pyridine rings is 1. The predicted molar refractivity (Wildman–Crippen MR) is 65.0 cm³/mol. The number of hydrogen-bond acceptors (Lipinski definition) is 2. The minimum Gasteiger partial charge on any atom is -0.481 e. The van der Waals surface area contributed by atoms with Crippen LogP contribution in [0.15, 0.2) is 30.6 Å². The van der Waals surface area contributed by atoms with E-state index in [4.69, 9.17) is 5.11 Å². The molecule has 17 heavy (non-hydrogen) atoms. The van der Waals surface area contributed by atoms with Crippen molar-refractivity contribution in [3.05, 3.63) is 36.3 Å². The summed E-state index contributed by atoms with van der Waals surface area (Å²) < 4.78 is 1.97. The summed E-state index contributed by atoms with van der Waals surface area (Å²) in [7, 11) is 0. The van der Waals surface area contributed by atoms with Gasteiger partial charge in [-0.3, -0.25) is 4.79 Å². The number of fused-ring (bicyclic) bond motifs is 1. The molecule has 0 bridgehead atoms. The summed E-state index contributed by atoms with van der Waals surface area (Å²) in [6.07, 6.45) is 3.85. The minimum absolute atomic E-state index is 0.00935. The van der Waals surface area contributed by atoms with Crippen molar-refractivity contribution in [2.75, 3.05) is 0 Å². The molecule has 0 aliphatic heterocycles. The number of carboxylic acid groups (broad SMARTS) is 1. The molecule has 0 radical (unpaired) electrons. The summed E-state index contributed by atoms with van der Waals surface area (Å²) in [6.45, 7) is 4.08. The standard InChI is InChI=1S/C13H16N2O2/c1-9(2)10(7-13(16)17)11-8-14-12-5-3-4-6-15(11)12/h3-6,8-10H,7H2,1-2H3,(H,16,17). The zero-order valence-electron chi connectivity index (χ0n) is 10.00. The van der Waals surface area contributed by atoms with Crippen LogP contribution in [0.25, 0.3) is 5.65 Å². The third-order valence-electron chi connectivity index (χ3n) is 3.02. The van der Waals surface area contributed by atoms with E-state index in [2.05, 4.69) is 4.98 Å². The maximum atomic E-state index is 10.9. The number of aliphatic carboxylic acids is 1. The van der Waals surface area contributed by atoms with Crippen molar-refractivity contribution in [1.29, 1.82) is 0 Å². The largest absolute Gasteiger partial charge is 0.481 e. The third kappa shape index (κ3) is 2.30. The molecule has 0 aliphatic rings. The van der Waals surface area contributed by atoms with E-state index in [1.54, 1.807) is 6.20 Å². The molecule has 0 aromatic carbocycles. The van der Waals surface area contributed by atoms with E-state index in [9.17, 15) is 4.79 Å². The van der Waals surface area contributed by atoms with Gasteiger partial charge in [-0.25, -0.2) is 4.98 Å². The average Bonchev–Trinajstić information content (AvgIpc) is 2.69. The molecule has 2 aromatic heterocycles. The molecule has 90 valence electrons. The van der Waals surface area contributed by atoms with E-state index in [1.807, 2.05) is 42.6 Å². The van der Waals surface area contributed by atoms with Gasteiger partial charge in [0.1, 0.15) is 5.65 Å². The fourth-order valence-corrected chi connectivity index (χ4v) is 2.10. The molecule has 0 aliphatic carbocycles. The summed E-state index contributed by atoms with van der Waals surface area (Å²) >= 11 is 0. The number of aromatic nitrogens is 2. The molecule has 4 nitrogen and oxygen atoms in total. The van der Waals surface area contributed by atoms with Crippen molar-refractivity contribution in [3.63, 3.8) is 0 Å². The molecular weight excluding hydrogens is 216 g/mol. The highest BCUT2D eigenvalue weighted by atomic mass is 16.4. The Morgan fingerprint density at radius 2 is 2.24 bits per heavy atom. The molecule has 2 aromatic rings. The van der Waals surface area contributed by atoms with Gasteiger partial charge in [0.25, 0.3) is 0 Å². The number of nitrogens with zero attached hydrogens (tertiary/aromatic N) is 2. The van der Waals surface area contributed by atoms with Crippen LogP contribution in [0.3, 0.4) is 0 Å². The highest BCUT2D eigenvalue weighted by Crippen LogP contribution is 2.28. The molecule has 0 saturated carbocycles. The van der Waals surface area contributed by atoms with Crippen molar-refractivity contribution >= 4 is 11.6 Å². The van der Waals surface area contributed by atoms with E-state index in [1.165, 1.54) is 0 Å². The van der Waals surface area contributed by atoms with Crippen LogP contribution in [0.2, 0.25) is 0 Å². The molecule has 0 fully saturated rings. The van der Waals surface area contributed by atoms with Gasteiger partial charge in [-0.2, -0.15) is 0 Å². The summed E-state index contributed by atoms with van der Waals surface area (Å²) in [5.41, 5.74) is 1.83. The van der Waals surface area contributed by atoms with Crippen LogP contribution in [-0.4, -0.2) is 20.5 Å². The summed E-state index contributed by atoms with van der Waals surface area (Å²) in [4.78, 5) is 15.2. The van der Waals surface area contributed by atoms with Crippen molar-refractivity contribution in [2.45, 2.75) is 26.2 Å². The van der Waals surface area contributed by atoms with Crippen LogP contribution in [0, 0.1) is 5.92 Å². The number of rotatable bonds is 4. The lowest BCUT2D eigenvalue weighted by molar-refractivity contribution is -0.137. The molecule has 1 atom stereocenters. The first-order valence-electron chi connectivity index (χ1n) is 5.73. The molecule has 1 N–H and O–H groups in total. The fourth-order valence-electron chi connectivity index (χ4n) is 2.10. The van der Waals surface area contributed by atoms with E-state index in [-0.39, 0.29) is 18.3 Å².